The van der Waals surface area contributed by atoms with E-state index < -0.39 is 23.5 Å². The van der Waals surface area contributed by atoms with E-state index in [2.05, 4.69) is 41.4 Å². The number of nitrogens with zero attached hydrogens (tertiary/aromatic N) is 7. The Kier molecular flexibility index (Phi) is 9.88. The van der Waals surface area contributed by atoms with Crippen molar-refractivity contribution in [3.05, 3.63) is 82.0 Å². The molecular weight excluding hydrogens is 773 g/mol. The largest absolute Gasteiger partial charge is 0.443 e. The molecule has 2 saturated heterocycles. The van der Waals surface area contributed by atoms with Crippen molar-refractivity contribution in [2.75, 3.05) is 15.5 Å². The predicted octanol–water partition coefficient (Wildman–Crippen LogP) is 5.33. The van der Waals surface area contributed by atoms with E-state index in [9.17, 15) is 28.4 Å². The standard InChI is InChI=1S/C20H17FN6O2.C19H20ClN5O4/c21-14-3-1-2-4-15(14)24-16-9-17(23-13-5-6-13)27-19(25-16)12(10-22-27)7-11-8-18(28)26-20(11)29;1-19(2,3)29-18(28)24(12-4-5-12)15-8-13(20)22-16-11(9-21-25(15)16)6-10-7-14(26)23-17(10)27/h1-4,7,9-10,13,23H,5-6,8H2,(H,24,25)(H,26,28,29);6,8-9,12H,4-5,7H2,1-3H3,(H,23,26,27)/b11-7+;10-6+. The molecule has 4 aliphatic rings. The summed E-state index contributed by atoms with van der Waals surface area (Å²) in [5.74, 6) is -0.323. The van der Waals surface area contributed by atoms with Crippen molar-refractivity contribution < 1.29 is 33.1 Å². The van der Waals surface area contributed by atoms with Gasteiger partial charge in [-0.25, -0.2) is 19.2 Å². The number of anilines is 4. The molecule has 2 aliphatic carbocycles. The number of para-hydroxylation sites is 1. The van der Waals surface area contributed by atoms with Gasteiger partial charge in [-0.3, -0.25) is 34.7 Å². The number of aromatic nitrogens is 6. The molecule has 58 heavy (non-hydrogen) atoms. The number of imide groups is 2. The van der Waals surface area contributed by atoms with Crippen molar-refractivity contribution in [2.24, 2.45) is 0 Å². The summed E-state index contributed by atoms with van der Waals surface area (Å²) in [6.45, 7) is 5.41. The average Bonchev–Trinajstić information content (AvgIpc) is 4.02. The summed E-state index contributed by atoms with van der Waals surface area (Å²) < 4.78 is 22.8. The highest BCUT2D eigenvalue weighted by atomic mass is 35.5. The molecule has 4 N–H and O–H groups in total. The van der Waals surface area contributed by atoms with Crippen LogP contribution in [0.4, 0.5) is 32.3 Å². The predicted molar refractivity (Wildman–Crippen MR) is 211 cm³/mol. The molecule has 0 atom stereocenters. The fourth-order valence-corrected chi connectivity index (χ4v) is 6.46. The van der Waals surface area contributed by atoms with E-state index >= 15 is 0 Å². The van der Waals surface area contributed by atoms with E-state index in [1.54, 1.807) is 78.9 Å². The zero-order valence-electron chi connectivity index (χ0n) is 31.5. The number of carbonyl (C=O) groups is 5. The maximum atomic E-state index is 14.1. The number of halogens is 2. The SMILES string of the molecule is CC(C)(C)OC(=O)N(c1cc(Cl)nc2c(/C=C3\CC(=O)NC3=O)cnn12)C1CC1.O=C1C/C(=C\c2cnn3c(NC4CC4)cc(Nc4ccccc4F)nc23)C(=O)N1. The molecule has 0 radical (unpaired) electrons. The van der Waals surface area contributed by atoms with Crippen LogP contribution in [0, 0.1) is 5.82 Å². The third-order valence-corrected chi connectivity index (χ3v) is 9.41. The fraction of sp³-hybridized carbons (Fsp3) is 0.308. The van der Waals surface area contributed by atoms with Crippen LogP contribution in [-0.2, 0) is 23.9 Å². The van der Waals surface area contributed by atoms with Crippen LogP contribution in [0.3, 0.4) is 0 Å². The zero-order valence-corrected chi connectivity index (χ0v) is 32.3. The molecule has 4 fully saturated rings. The maximum absolute atomic E-state index is 14.1. The van der Waals surface area contributed by atoms with Crippen molar-refractivity contribution in [3.63, 3.8) is 0 Å². The lowest BCUT2D eigenvalue weighted by atomic mass is 10.1. The van der Waals surface area contributed by atoms with Crippen LogP contribution in [0.1, 0.15) is 70.4 Å². The normalized spacial score (nSPS) is 18.1. The van der Waals surface area contributed by atoms with E-state index in [0.717, 1.165) is 25.7 Å². The molecule has 2 aliphatic heterocycles. The number of amides is 5. The third kappa shape index (κ3) is 8.36. The molecule has 5 amide bonds. The van der Waals surface area contributed by atoms with Crippen molar-refractivity contribution in [3.8, 4) is 0 Å². The van der Waals surface area contributed by atoms with Gasteiger partial charge < -0.3 is 15.4 Å². The Balaban J connectivity index is 0.000000162. The molecule has 2 saturated carbocycles. The Morgan fingerprint density at radius 3 is 2.05 bits per heavy atom. The quantitative estimate of drug-likeness (QED) is 0.0892. The maximum Gasteiger partial charge on any atom is 0.416 e. The lowest BCUT2D eigenvalue weighted by molar-refractivity contribution is -0.125. The minimum Gasteiger partial charge on any atom is -0.443 e. The van der Waals surface area contributed by atoms with Gasteiger partial charge in [0.2, 0.25) is 11.8 Å². The topological polar surface area (TPSA) is 206 Å². The monoisotopic (exact) mass is 809 g/mol. The summed E-state index contributed by atoms with van der Waals surface area (Å²) in [6.07, 6.45) is 9.66. The summed E-state index contributed by atoms with van der Waals surface area (Å²) in [5, 5.41) is 19.8. The highest BCUT2D eigenvalue weighted by Gasteiger charge is 2.38. The van der Waals surface area contributed by atoms with Gasteiger partial charge in [-0.15, -0.1) is 0 Å². The smallest absolute Gasteiger partial charge is 0.416 e. The van der Waals surface area contributed by atoms with E-state index in [1.807, 2.05) is 0 Å². The Hall–Kier alpha value is -6.69. The minimum atomic E-state index is -0.651. The lowest BCUT2D eigenvalue weighted by Gasteiger charge is -2.27. The zero-order chi connectivity index (χ0) is 40.9. The number of carbonyl (C=O) groups excluding carboxylic acids is 5. The number of hydrogen-bond acceptors (Lipinski definition) is 12. The van der Waals surface area contributed by atoms with Crippen LogP contribution in [0.5, 0.6) is 0 Å². The van der Waals surface area contributed by atoms with Gasteiger partial charge in [0.1, 0.15) is 34.0 Å². The molecule has 0 bridgehead atoms. The van der Waals surface area contributed by atoms with Crippen LogP contribution in [0.25, 0.3) is 23.4 Å². The first kappa shape index (κ1) is 38.2. The van der Waals surface area contributed by atoms with Gasteiger partial charge in [0, 0.05) is 46.5 Å². The first-order chi connectivity index (χ1) is 27.7. The van der Waals surface area contributed by atoms with E-state index in [-0.39, 0.29) is 41.7 Å². The number of ether oxygens (including phenoxy) is 1. The second-order valence-corrected chi connectivity index (χ2v) is 15.6. The molecule has 6 heterocycles. The second kappa shape index (κ2) is 15.0. The number of hydrogen-bond donors (Lipinski definition) is 4. The average molecular weight is 810 g/mol. The Morgan fingerprint density at radius 2 is 1.50 bits per heavy atom. The molecular formula is C39H37ClFN11O6. The van der Waals surface area contributed by atoms with Crippen molar-refractivity contribution >= 4 is 87.9 Å². The van der Waals surface area contributed by atoms with Crippen LogP contribution >= 0.6 is 11.6 Å². The molecule has 298 valence electrons. The second-order valence-electron chi connectivity index (χ2n) is 15.2. The van der Waals surface area contributed by atoms with Crippen molar-refractivity contribution in [1.82, 2.24) is 39.8 Å². The number of nitrogens with one attached hydrogen (secondary N) is 4. The fourth-order valence-electron chi connectivity index (χ4n) is 6.29. The molecule has 19 heteroatoms. The highest BCUT2D eigenvalue weighted by Crippen LogP contribution is 2.35. The number of rotatable bonds is 8. The molecule has 0 spiro atoms. The summed E-state index contributed by atoms with van der Waals surface area (Å²) in [7, 11) is 0. The van der Waals surface area contributed by atoms with Gasteiger partial charge in [-0.1, -0.05) is 23.7 Å². The number of fused-ring (bicyclic) bond motifs is 2. The van der Waals surface area contributed by atoms with Gasteiger partial charge in [-0.2, -0.15) is 19.2 Å². The van der Waals surface area contributed by atoms with Gasteiger partial charge in [-0.05, 0) is 70.7 Å². The van der Waals surface area contributed by atoms with E-state index in [1.165, 1.54) is 16.8 Å². The third-order valence-electron chi connectivity index (χ3n) is 9.21. The van der Waals surface area contributed by atoms with Crippen LogP contribution in [0.15, 0.2) is 59.9 Å². The summed E-state index contributed by atoms with van der Waals surface area (Å²) in [6, 6.07) is 10.0. The lowest BCUT2D eigenvalue weighted by Crippen LogP contribution is -2.39. The van der Waals surface area contributed by atoms with Crippen LogP contribution in [-0.4, -0.2) is 76.6 Å². The minimum absolute atomic E-state index is 0.00393. The molecule has 5 aromatic rings. The molecule has 0 unspecified atom stereocenters. The molecule has 17 nitrogen and oxygen atoms in total. The number of benzene rings is 1. The molecule has 1 aromatic carbocycles. The van der Waals surface area contributed by atoms with Crippen molar-refractivity contribution in [1.29, 1.82) is 0 Å². The van der Waals surface area contributed by atoms with Gasteiger partial charge in [0.15, 0.2) is 11.3 Å². The van der Waals surface area contributed by atoms with Crippen LogP contribution in [0.2, 0.25) is 5.15 Å². The summed E-state index contributed by atoms with van der Waals surface area (Å²) in [4.78, 5) is 69.9. The first-order valence-corrected chi connectivity index (χ1v) is 18.9. The summed E-state index contributed by atoms with van der Waals surface area (Å²) >= 11 is 6.24. The van der Waals surface area contributed by atoms with E-state index in [0.29, 0.717) is 62.8 Å². The Labute approximate surface area is 334 Å². The first-order valence-electron chi connectivity index (χ1n) is 18.5. The van der Waals surface area contributed by atoms with E-state index in [4.69, 9.17) is 16.3 Å². The Bertz CT molecular complexity index is 2600. The highest BCUT2D eigenvalue weighted by molar-refractivity contribution is 6.30. The van der Waals surface area contributed by atoms with Gasteiger partial charge in [0.05, 0.1) is 30.9 Å². The van der Waals surface area contributed by atoms with Gasteiger partial charge in [0.25, 0.3) is 11.8 Å². The van der Waals surface area contributed by atoms with Gasteiger partial charge >= 0.3 is 6.09 Å². The van der Waals surface area contributed by atoms with Crippen molar-refractivity contribution in [2.45, 2.75) is 77.0 Å². The summed E-state index contributed by atoms with van der Waals surface area (Å²) in [5.41, 5.74) is 2.32. The molecule has 4 aromatic heterocycles. The van der Waals surface area contributed by atoms with Crippen LogP contribution < -0.4 is 26.2 Å². The molecule has 9 rings (SSSR count). The Morgan fingerprint density at radius 1 is 0.897 bits per heavy atom.